The van der Waals surface area contributed by atoms with Crippen LogP contribution < -0.4 is 0 Å². The molecule has 0 spiro atoms. The molecular formula is C22H20BrN3O2. The second kappa shape index (κ2) is 6.27. The van der Waals surface area contributed by atoms with Crippen LogP contribution in [0.3, 0.4) is 0 Å². The molecule has 5 nitrogen and oxygen atoms in total. The van der Waals surface area contributed by atoms with Crippen molar-refractivity contribution in [3.63, 3.8) is 0 Å². The van der Waals surface area contributed by atoms with Crippen LogP contribution in [0.4, 0.5) is 0 Å². The first-order valence-electron chi connectivity index (χ1n) is 9.51. The highest BCUT2D eigenvalue weighted by atomic mass is 79.9. The van der Waals surface area contributed by atoms with Crippen molar-refractivity contribution in [2.45, 2.75) is 20.3 Å². The molecule has 1 saturated carbocycles. The van der Waals surface area contributed by atoms with Gasteiger partial charge in [-0.3, -0.25) is 9.59 Å². The summed E-state index contributed by atoms with van der Waals surface area (Å²) >= 11 is 3.61. The van der Waals surface area contributed by atoms with Gasteiger partial charge in [-0.1, -0.05) is 24.3 Å². The first kappa shape index (κ1) is 17.6. The van der Waals surface area contributed by atoms with Gasteiger partial charge in [0, 0.05) is 21.4 Å². The molecule has 1 aromatic heterocycles. The monoisotopic (exact) mass is 437 g/mol. The summed E-state index contributed by atoms with van der Waals surface area (Å²) in [6.07, 6.45) is 6.75. The van der Waals surface area contributed by atoms with Gasteiger partial charge < -0.3 is 4.57 Å². The van der Waals surface area contributed by atoms with Crippen molar-refractivity contribution in [3.8, 4) is 5.69 Å². The number of amides is 2. The molecule has 6 heteroatoms. The first-order valence-corrected chi connectivity index (χ1v) is 10.3. The van der Waals surface area contributed by atoms with E-state index in [1.165, 1.54) is 0 Å². The Hall–Kier alpha value is -2.47. The number of hydrogen-bond acceptors (Lipinski definition) is 3. The maximum atomic E-state index is 12.8. The SMILES string of the molecule is Cc1cc(C=NN2C(=O)C3C4C=CC(C4)C3C2=O)c(C)n1-c1ccccc1Br. The molecule has 1 saturated heterocycles. The molecule has 4 atom stereocenters. The van der Waals surface area contributed by atoms with Crippen LogP contribution in [-0.4, -0.2) is 27.6 Å². The summed E-state index contributed by atoms with van der Waals surface area (Å²) in [7, 11) is 0. The molecule has 142 valence electrons. The summed E-state index contributed by atoms with van der Waals surface area (Å²) in [6, 6.07) is 10.0. The van der Waals surface area contributed by atoms with Crippen LogP contribution in [0, 0.1) is 37.5 Å². The summed E-state index contributed by atoms with van der Waals surface area (Å²) in [5.74, 6) is -0.329. The quantitative estimate of drug-likeness (QED) is 0.413. The van der Waals surface area contributed by atoms with Crippen molar-refractivity contribution < 1.29 is 9.59 Å². The molecule has 1 aliphatic heterocycles. The van der Waals surface area contributed by atoms with Crippen LogP contribution in [-0.2, 0) is 9.59 Å². The molecule has 0 radical (unpaired) electrons. The Balaban J connectivity index is 1.46. The van der Waals surface area contributed by atoms with Crippen LogP contribution in [0.2, 0.25) is 0 Å². The van der Waals surface area contributed by atoms with E-state index < -0.39 is 0 Å². The zero-order valence-corrected chi connectivity index (χ0v) is 17.3. The van der Waals surface area contributed by atoms with E-state index in [1.54, 1.807) is 6.21 Å². The zero-order valence-electron chi connectivity index (χ0n) is 15.7. The second-order valence-corrected chi connectivity index (χ2v) is 8.70. The summed E-state index contributed by atoms with van der Waals surface area (Å²) < 4.78 is 3.14. The number of hydrazone groups is 1. The lowest BCUT2D eigenvalue weighted by Crippen LogP contribution is -2.28. The smallest absolute Gasteiger partial charge is 0.254 e. The molecule has 4 unspecified atom stereocenters. The average molecular weight is 438 g/mol. The molecule has 1 aromatic carbocycles. The largest absolute Gasteiger partial charge is 0.317 e. The Labute approximate surface area is 171 Å². The van der Waals surface area contributed by atoms with Crippen LogP contribution in [0.1, 0.15) is 23.4 Å². The molecular weight excluding hydrogens is 418 g/mol. The van der Waals surface area contributed by atoms with Crippen molar-refractivity contribution >= 4 is 34.0 Å². The van der Waals surface area contributed by atoms with Crippen molar-refractivity contribution in [3.05, 3.63) is 63.9 Å². The lowest BCUT2D eigenvalue weighted by molar-refractivity contribution is -0.140. The standard InChI is InChI=1S/C22H20BrN3O2/c1-12-9-16(13(2)25(12)18-6-4-3-5-17(18)23)11-24-26-21(27)19-14-7-8-15(10-14)20(19)22(26)28/h3-9,11,14-15,19-20H,10H2,1-2H3. The number of aromatic nitrogens is 1. The fourth-order valence-electron chi connectivity index (χ4n) is 5.04. The Morgan fingerprint density at radius 1 is 1.07 bits per heavy atom. The van der Waals surface area contributed by atoms with E-state index in [4.69, 9.17) is 0 Å². The second-order valence-electron chi connectivity index (χ2n) is 7.85. The highest BCUT2D eigenvalue weighted by Crippen LogP contribution is 2.52. The number of hydrogen-bond donors (Lipinski definition) is 0. The maximum absolute atomic E-state index is 12.8. The summed E-state index contributed by atoms with van der Waals surface area (Å²) in [5.41, 5.74) is 4.01. The molecule has 2 bridgehead atoms. The molecule has 5 rings (SSSR count). The van der Waals surface area contributed by atoms with E-state index >= 15 is 0 Å². The Morgan fingerprint density at radius 3 is 2.36 bits per heavy atom. The number of para-hydroxylation sites is 1. The topological polar surface area (TPSA) is 54.7 Å². The average Bonchev–Trinajstić information content (AvgIpc) is 3.40. The van der Waals surface area contributed by atoms with Gasteiger partial charge in [-0.25, -0.2) is 0 Å². The van der Waals surface area contributed by atoms with E-state index in [1.807, 2.05) is 44.2 Å². The Bertz CT molecular complexity index is 1040. The number of fused-ring (bicyclic) bond motifs is 5. The van der Waals surface area contributed by atoms with Crippen LogP contribution in [0.25, 0.3) is 5.69 Å². The van der Waals surface area contributed by atoms with Gasteiger partial charge in [0.2, 0.25) is 0 Å². The number of aryl methyl sites for hydroxylation is 1. The minimum absolute atomic E-state index is 0.150. The third-order valence-electron chi connectivity index (χ3n) is 6.32. The van der Waals surface area contributed by atoms with Crippen molar-refractivity contribution in [2.75, 3.05) is 0 Å². The zero-order chi connectivity index (χ0) is 19.6. The number of allylic oxidation sites excluding steroid dienone is 2. The van der Waals surface area contributed by atoms with E-state index in [9.17, 15) is 9.59 Å². The van der Waals surface area contributed by atoms with Gasteiger partial charge in [-0.2, -0.15) is 10.1 Å². The van der Waals surface area contributed by atoms with Gasteiger partial charge in [0.05, 0.1) is 23.7 Å². The number of imide groups is 1. The fourth-order valence-corrected chi connectivity index (χ4v) is 5.50. The molecule has 0 N–H and O–H groups in total. The van der Waals surface area contributed by atoms with Crippen LogP contribution in [0.15, 0.2) is 52.1 Å². The van der Waals surface area contributed by atoms with E-state index in [2.05, 4.69) is 37.8 Å². The molecule has 28 heavy (non-hydrogen) atoms. The molecule has 2 fully saturated rings. The minimum atomic E-state index is -0.215. The highest BCUT2D eigenvalue weighted by molar-refractivity contribution is 9.10. The van der Waals surface area contributed by atoms with Gasteiger partial charge in [-0.05, 0) is 66.2 Å². The van der Waals surface area contributed by atoms with Gasteiger partial charge in [0.15, 0.2) is 0 Å². The first-order chi connectivity index (χ1) is 13.5. The van der Waals surface area contributed by atoms with Gasteiger partial charge >= 0.3 is 0 Å². The Morgan fingerprint density at radius 2 is 1.71 bits per heavy atom. The van der Waals surface area contributed by atoms with Crippen molar-refractivity contribution in [2.24, 2.45) is 28.8 Å². The number of benzene rings is 1. The number of carbonyl (C=O) groups excluding carboxylic acids is 2. The number of carbonyl (C=O) groups is 2. The lowest BCUT2D eigenvalue weighted by Gasteiger charge is -2.13. The predicted octanol–water partition coefficient (Wildman–Crippen LogP) is 4.00. The maximum Gasteiger partial charge on any atom is 0.254 e. The molecule has 2 amide bonds. The summed E-state index contributed by atoms with van der Waals surface area (Å²) in [5, 5.41) is 5.43. The van der Waals surface area contributed by atoms with Crippen LogP contribution in [0.5, 0.6) is 0 Å². The predicted molar refractivity (Wildman–Crippen MR) is 110 cm³/mol. The minimum Gasteiger partial charge on any atom is -0.317 e. The molecule has 2 aliphatic carbocycles. The van der Waals surface area contributed by atoms with Gasteiger partial charge in [-0.15, -0.1) is 0 Å². The summed E-state index contributed by atoms with van der Waals surface area (Å²) in [4.78, 5) is 25.6. The normalized spacial score (nSPS) is 28.2. The molecule has 2 aromatic rings. The van der Waals surface area contributed by atoms with Crippen molar-refractivity contribution in [1.82, 2.24) is 9.58 Å². The van der Waals surface area contributed by atoms with E-state index in [0.717, 1.165) is 38.5 Å². The van der Waals surface area contributed by atoms with E-state index in [-0.39, 0.29) is 35.5 Å². The van der Waals surface area contributed by atoms with Crippen LogP contribution >= 0.6 is 15.9 Å². The molecule has 3 aliphatic rings. The highest BCUT2D eigenvalue weighted by Gasteiger charge is 2.59. The number of nitrogens with zero attached hydrogens (tertiary/aromatic N) is 3. The fraction of sp³-hybridized carbons (Fsp3) is 0.318. The van der Waals surface area contributed by atoms with Gasteiger partial charge in [0.25, 0.3) is 11.8 Å². The third-order valence-corrected chi connectivity index (χ3v) is 6.99. The van der Waals surface area contributed by atoms with Gasteiger partial charge in [0.1, 0.15) is 0 Å². The summed E-state index contributed by atoms with van der Waals surface area (Å²) in [6.45, 7) is 4.05. The number of halogens is 1. The number of rotatable bonds is 3. The van der Waals surface area contributed by atoms with E-state index in [0.29, 0.717) is 0 Å². The lowest BCUT2D eigenvalue weighted by atomic mass is 9.85. The molecule has 2 heterocycles. The van der Waals surface area contributed by atoms with Crippen molar-refractivity contribution in [1.29, 1.82) is 0 Å². The third kappa shape index (κ3) is 2.40. The Kier molecular flexibility index (Phi) is 3.95.